The van der Waals surface area contributed by atoms with Crippen LogP contribution in [0.4, 0.5) is 5.69 Å². The van der Waals surface area contributed by atoms with Gasteiger partial charge in [-0.25, -0.2) is 8.42 Å². The van der Waals surface area contributed by atoms with Gasteiger partial charge >= 0.3 is 0 Å². The van der Waals surface area contributed by atoms with Crippen LogP contribution in [-0.4, -0.2) is 25.3 Å². The van der Waals surface area contributed by atoms with Gasteiger partial charge in [-0.05, 0) is 43.5 Å². The number of benzene rings is 1. The molecule has 1 fully saturated rings. The molecule has 1 heterocycles. The van der Waals surface area contributed by atoms with Gasteiger partial charge in [-0.15, -0.1) is 0 Å². The first-order valence-electron chi connectivity index (χ1n) is 6.43. The van der Waals surface area contributed by atoms with Crippen molar-refractivity contribution in [1.82, 2.24) is 4.31 Å². The Kier molecular flexibility index (Phi) is 3.92. The molecule has 1 aliphatic rings. The lowest BCUT2D eigenvalue weighted by Gasteiger charge is -2.34. The number of nitrogens with zero attached hydrogens (tertiary/aromatic N) is 1. The van der Waals surface area contributed by atoms with Crippen LogP contribution in [-0.2, 0) is 10.0 Å². The van der Waals surface area contributed by atoms with Crippen LogP contribution in [0.2, 0.25) is 0 Å². The molecule has 100 valence electrons. The van der Waals surface area contributed by atoms with Gasteiger partial charge in [0.2, 0.25) is 10.0 Å². The van der Waals surface area contributed by atoms with E-state index in [-0.39, 0.29) is 6.04 Å². The number of rotatable bonds is 3. The second-order valence-electron chi connectivity index (χ2n) is 4.74. The van der Waals surface area contributed by atoms with E-state index < -0.39 is 10.0 Å². The number of piperidine rings is 1. The Morgan fingerprint density at radius 2 is 1.94 bits per heavy atom. The molecule has 1 aromatic rings. The van der Waals surface area contributed by atoms with E-state index in [4.69, 9.17) is 5.73 Å². The number of anilines is 1. The predicted octanol–water partition coefficient (Wildman–Crippen LogP) is 2.22. The van der Waals surface area contributed by atoms with Gasteiger partial charge in [-0.1, -0.05) is 13.3 Å². The summed E-state index contributed by atoms with van der Waals surface area (Å²) in [6.07, 6.45) is 3.90. The highest BCUT2D eigenvalue weighted by Crippen LogP contribution is 2.27. The highest BCUT2D eigenvalue weighted by Gasteiger charge is 2.32. The predicted molar refractivity (Wildman–Crippen MR) is 72.7 cm³/mol. The average molecular weight is 268 g/mol. The van der Waals surface area contributed by atoms with Gasteiger partial charge in [0, 0.05) is 18.3 Å². The van der Waals surface area contributed by atoms with Crippen molar-refractivity contribution >= 4 is 15.7 Å². The monoisotopic (exact) mass is 268 g/mol. The van der Waals surface area contributed by atoms with Gasteiger partial charge < -0.3 is 5.73 Å². The van der Waals surface area contributed by atoms with Crippen LogP contribution in [0.25, 0.3) is 0 Å². The molecular weight excluding hydrogens is 248 g/mol. The maximum atomic E-state index is 12.6. The fraction of sp³-hybridized carbons (Fsp3) is 0.538. The van der Waals surface area contributed by atoms with E-state index in [1.54, 1.807) is 28.6 Å². The summed E-state index contributed by atoms with van der Waals surface area (Å²) in [5.41, 5.74) is 6.18. The molecule has 4 nitrogen and oxygen atoms in total. The lowest BCUT2D eigenvalue weighted by atomic mass is 10.0. The van der Waals surface area contributed by atoms with Crippen LogP contribution in [0.15, 0.2) is 29.2 Å². The average Bonchev–Trinajstić information content (AvgIpc) is 2.39. The summed E-state index contributed by atoms with van der Waals surface area (Å²) >= 11 is 0. The fourth-order valence-corrected chi connectivity index (χ4v) is 4.24. The molecular formula is C13H20N2O2S. The van der Waals surface area contributed by atoms with Crippen LogP contribution < -0.4 is 5.73 Å². The Labute approximate surface area is 109 Å². The van der Waals surface area contributed by atoms with Crippen molar-refractivity contribution in [1.29, 1.82) is 0 Å². The van der Waals surface area contributed by atoms with Gasteiger partial charge in [0.25, 0.3) is 0 Å². The summed E-state index contributed by atoms with van der Waals surface area (Å²) in [4.78, 5) is 0.344. The first kappa shape index (κ1) is 13.4. The molecule has 1 saturated heterocycles. The molecule has 0 aromatic heterocycles. The molecule has 0 spiro atoms. The lowest BCUT2D eigenvalue weighted by molar-refractivity contribution is 0.246. The Hall–Kier alpha value is -1.07. The lowest BCUT2D eigenvalue weighted by Crippen LogP contribution is -2.43. The molecule has 1 aromatic carbocycles. The van der Waals surface area contributed by atoms with Crippen LogP contribution in [0.3, 0.4) is 0 Å². The third-order valence-electron chi connectivity index (χ3n) is 3.53. The molecule has 0 amide bonds. The summed E-state index contributed by atoms with van der Waals surface area (Å²) in [6, 6.07) is 6.59. The second-order valence-corrected chi connectivity index (χ2v) is 6.63. The minimum atomic E-state index is -3.36. The Bertz CT molecular complexity index is 496. The molecule has 1 atom stereocenters. The van der Waals surface area contributed by atoms with Crippen molar-refractivity contribution in [3.8, 4) is 0 Å². The zero-order valence-electron chi connectivity index (χ0n) is 10.7. The van der Waals surface area contributed by atoms with E-state index in [2.05, 4.69) is 0 Å². The summed E-state index contributed by atoms with van der Waals surface area (Å²) in [7, 11) is -3.36. The van der Waals surface area contributed by atoms with E-state index in [1.165, 1.54) is 0 Å². The van der Waals surface area contributed by atoms with Gasteiger partial charge in [0.15, 0.2) is 0 Å². The van der Waals surface area contributed by atoms with Crippen LogP contribution in [0.5, 0.6) is 0 Å². The van der Waals surface area contributed by atoms with E-state index >= 15 is 0 Å². The summed E-state index contributed by atoms with van der Waals surface area (Å²) in [5, 5.41) is 0. The number of sulfonamides is 1. The van der Waals surface area contributed by atoms with E-state index in [0.29, 0.717) is 17.1 Å². The van der Waals surface area contributed by atoms with Crippen LogP contribution in [0, 0.1) is 0 Å². The van der Waals surface area contributed by atoms with Crippen molar-refractivity contribution in [2.75, 3.05) is 12.3 Å². The van der Waals surface area contributed by atoms with Crippen molar-refractivity contribution < 1.29 is 8.42 Å². The Morgan fingerprint density at radius 1 is 1.28 bits per heavy atom. The highest BCUT2D eigenvalue weighted by molar-refractivity contribution is 7.89. The first-order chi connectivity index (χ1) is 8.55. The molecule has 5 heteroatoms. The first-order valence-corrected chi connectivity index (χ1v) is 7.87. The quantitative estimate of drug-likeness (QED) is 0.855. The zero-order chi connectivity index (χ0) is 13.2. The number of hydrogen-bond donors (Lipinski definition) is 1. The van der Waals surface area contributed by atoms with E-state index in [1.807, 2.05) is 6.92 Å². The summed E-state index contributed by atoms with van der Waals surface area (Å²) in [6.45, 7) is 2.67. The molecule has 1 aliphatic heterocycles. The standard InChI is InChI=1S/C13H20N2O2S/c1-2-12-5-3-4-10-15(12)18(16,17)13-8-6-11(14)7-9-13/h6-9,12H,2-5,10,14H2,1H3/t12-/m0/s1. The fourth-order valence-electron chi connectivity index (χ4n) is 2.47. The van der Waals surface area contributed by atoms with E-state index in [0.717, 1.165) is 25.7 Å². The molecule has 18 heavy (non-hydrogen) atoms. The van der Waals surface area contributed by atoms with Crippen LogP contribution in [0.1, 0.15) is 32.6 Å². The molecule has 0 radical (unpaired) electrons. The topological polar surface area (TPSA) is 63.4 Å². The van der Waals surface area contributed by atoms with Crippen molar-refractivity contribution in [2.24, 2.45) is 0 Å². The maximum absolute atomic E-state index is 12.6. The zero-order valence-corrected chi connectivity index (χ0v) is 11.5. The second kappa shape index (κ2) is 5.28. The third-order valence-corrected chi connectivity index (χ3v) is 5.50. The molecule has 0 unspecified atom stereocenters. The highest BCUT2D eigenvalue weighted by atomic mass is 32.2. The van der Waals surface area contributed by atoms with Gasteiger partial charge in [0.05, 0.1) is 4.90 Å². The molecule has 0 aliphatic carbocycles. The molecule has 2 rings (SSSR count). The Morgan fingerprint density at radius 3 is 2.56 bits per heavy atom. The summed E-state index contributed by atoms with van der Waals surface area (Å²) in [5.74, 6) is 0. The molecule has 2 N–H and O–H groups in total. The van der Waals surface area contributed by atoms with Crippen molar-refractivity contribution in [3.63, 3.8) is 0 Å². The largest absolute Gasteiger partial charge is 0.399 e. The smallest absolute Gasteiger partial charge is 0.243 e. The van der Waals surface area contributed by atoms with Crippen LogP contribution >= 0.6 is 0 Å². The minimum absolute atomic E-state index is 0.140. The Balaban J connectivity index is 2.32. The normalized spacial score (nSPS) is 21.9. The van der Waals surface area contributed by atoms with Gasteiger partial charge in [-0.2, -0.15) is 4.31 Å². The number of nitrogens with two attached hydrogens (primary N) is 1. The number of nitrogen functional groups attached to an aromatic ring is 1. The molecule has 0 saturated carbocycles. The molecule has 0 bridgehead atoms. The van der Waals surface area contributed by atoms with Gasteiger partial charge in [0.1, 0.15) is 0 Å². The van der Waals surface area contributed by atoms with Gasteiger partial charge in [-0.3, -0.25) is 0 Å². The SMILES string of the molecule is CC[C@H]1CCCCN1S(=O)(=O)c1ccc(N)cc1. The third kappa shape index (κ3) is 2.52. The van der Waals surface area contributed by atoms with Crippen molar-refractivity contribution in [3.05, 3.63) is 24.3 Å². The van der Waals surface area contributed by atoms with Crippen molar-refractivity contribution in [2.45, 2.75) is 43.5 Å². The summed E-state index contributed by atoms with van der Waals surface area (Å²) < 4.78 is 26.8. The minimum Gasteiger partial charge on any atom is -0.399 e. The number of hydrogen-bond acceptors (Lipinski definition) is 3. The maximum Gasteiger partial charge on any atom is 0.243 e. The van der Waals surface area contributed by atoms with E-state index in [9.17, 15) is 8.42 Å².